The van der Waals surface area contributed by atoms with Gasteiger partial charge in [-0.2, -0.15) is 18.3 Å². The fourth-order valence-electron chi connectivity index (χ4n) is 3.94. The quantitative estimate of drug-likeness (QED) is 0.247. The second-order valence-electron chi connectivity index (χ2n) is 7.44. The van der Waals surface area contributed by atoms with Gasteiger partial charge in [0.1, 0.15) is 17.7 Å². The Kier molecular flexibility index (Phi) is 7.94. The molecule has 3 rings (SSSR count). The zero-order chi connectivity index (χ0) is 26.0. The largest absolute Gasteiger partial charge is 0.461 e. The summed E-state index contributed by atoms with van der Waals surface area (Å²) in [6.45, 7) is 0.422. The van der Waals surface area contributed by atoms with E-state index in [1.54, 1.807) is 0 Å². The van der Waals surface area contributed by atoms with Crippen molar-refractivity contribution in [2.45, 2.75) is 37.0 Å². The number of hydrogen-bond acceptors (Lipinski definition) is 8. The second-order valence-corrected chi connectivity index (χ2v) is 7.88. The van der Waals surface area contributed by atoms with Crippen LogP contribution in [0.2, 0.25) is 5.02 Å². The van der Waals surface area contributed by atoms with Gasteiger partial charge >= 0.3 is 12.1 Å². The van der Waals surface area contributed by atoms with Crippen molar-refractivity contribution in [1.29, 1.82) is 0 Å². The number of rotatable bonds is 7. The molecule has 15 heteroatoms. The molecule has 2 aromatic rings. The molecule has 35 heavy (non-hydrogen) atoms. The van der Waals surface area contributed by atoms with E-state index >= 15 is 0 Å². The number of aromatic nitrogens is 2. The minimum atomic E-state index is -4.87. The third kappa shape index (κ3) is 4.81. The molecule has 0 saturated carbocycles. The maximum absolute atomic E-state index is 13.9. The molecule has 4 atom stereocenters. The molecule has 1 aromatic carbocycles. The van der Waals surface area contributed by atoms with E-state index in [4.69, 9.17) is 25.8 Å². The highest BCUT2D eigenvalue weighted by Crippen LogP contribution is 2.44. The van der Waals surface area contributed by atoms with Crippen molar-refractivity contribution >= 4 is 17.6 Å². The molecule has 0 bridgehead atoms. The maximum Gasteiger partial charge on any atom is 0.418 e. The van der Waals surface area contributed by atoms with Gasteiger partial charge in [0.25, 0.3) is 0 Å². The van der Waals surface area contributed by atoms with Gasteiger partial charge in [0.15, 0.2) is 5.69 Å². The van der Waals surface area contributed by atoms with E-state index in [-0.39, 0.29) is 23.9 Å². The van der Waals surface area contributed by atoms with Crippen LogP contribution >= 0.6 is 11.6 Å². The Labute approximate surface area is 201 Å². The van der Waals surface area contributed by atoms with Gasteiger partial charge in [-0.1, -0.05) is 16.7 Å². The van der Waals surface area contributed by atoms with E-state index in [9.17, 15) is 33.7 Å². The lowest BCUT2D eigenvalue weighted by Crippen LogP contribution is -2.61. The molecule has 1 aliphatic heterocycles. The van der Waals surface area contributed by atoms with Gasteiger partial charge in [-0.3, -0.25) is 0 Å². The fourth-order valence-corrected chi connectivity index (χ4v) is 4.11. The molecule has 190 valence electrons. The Hall–Kier alpha value is -2.87. The minimum Gasteiger partial charge on any atom is -0.461 e. The van der Waals surface area contributed by atoms with Crippen molar-refractivity contribution in [2.24, 2.45) is 5.11 Å². The number of azide groups is 1. The van der Waals surface area contributed by atoms with E-state index in [1.165, 1.54) is 14.0 Å². The molecular formula is C20H21ClF3N5O6. The number of carbonyl (C=O) groups excluding carboxylic acids is 1. The molecule has 1 unspecified atom stereocenters. The summed E-state index contributed by atoms with van der Waals surface area (Å²) in [4.78, 5) is 15.3. The summed E-state index contributed by atoms with van der Waals surface area (Å²) in [7, 11) is 1.20. The zero-order valence-electron chi connectivity index (χ0n) is 18.4. The SMILES string of the molecule is CCOC(=O)c1cc(C2(N=[N+]=[N-])[C@@H](OC)CO[C@H](CO)[C@@H]2O)n(-c2cc(Cl)ccc2C(F)(F)F)n1. The lowest BCUT2D eigenvalue weighted by atomic mass is 9.79. The lowest BCUT2D eigenvalue weighted by Gasteiger charge is -2.46. The molecule has 0 aliphatic carbocycles. The van der Waals surface area contributed by atoms with Crippen molar-refractivity contribution in [2.75, 3.05) is 26.9 Å². The average molecular weight is 520 g/mol. The van der Waals surface area contributed by atoms with Crippen LogP contribution in [0.1, 0.15) is 28.7 Å². The van der Waals surface area contributed by atoms with Gasteiger partial charge in [-0.25, -0.2) is 9.48 Å². The Bertz CT molecular complexity index is 1140. The highest BCUT2D eigenvalue weighted by molar-refractivity contribution is 6.30. The summed E-state index contributed by atoms with van der Waals surface area (Å²) in [5.74, 6) is -0.978. The Balaban J connectivity index is 2.44. The molecular weight excluding hydrogens is 499 g/mol. The summed E-state index contributed by atoms with van der Waals surface area (Å²) in [6, 6.07) is 3.73. The summed E-state index contributed by atoms with van der Waals surface area (Å²) in [5.41, 5.74) is 4.65. The number of ether oxygens (including phenoxy) is 3. The number of benzene rings is 1. The first-order valence-electron chi connectivity index (χ1n) is 10.2. The normalized spacial score (nSPS) is 24.6. The van der Waals surface area contributed by atoms with Crippen molar-refractivity contribution < 1.29 is 42.4 Å². The molecule has 11 nitrogen and oxygen atoms in total. The molecule has 0 spiro atoms. The van der Waals surface area contributed by atoms with Gasteiger partial charge in [0, 0.05) is 17.0 Å². The number of carbonyl (C=O) groups is 1. The van der Waals surface area contributed by atoms with Crippen LogP contribution in [0.5, 0.6) is 0 Å². The molecule has 0 amide bonds. The van der Waals surface area contributed by atoms with E-state index < -0.39 is 59.5 Å². The molecule has 2 N–H and O–H groups in total. The summed E-state index contributed by atoms with van der Waals surface area (Å²) >= 11 is 5.99. The highest BCUT2D eigenvalue weighted by Gasteiger charge is 2.56. The maximum atomic E-state index is 13.9. The number of esters is 1. The van der Waals surface area contributed by atoms with Crippen LogP contribution < -0.4 is 0 Å². The topological polar surface area (TPSA) is 152 Å². The minimum absolute atomic E-state index is 0.0583. The second kappa shape index (κ2) is 10.4. The third-order valence-corrected chi connectivity index (χ3v) is 5.76. The fraction of sp³-hybridized carbons (Fsp3) is 0.500. The third-order valence-electron chi connectivity index (χ3n) is 5.53. The molecule has 1 saturated heterocycles. The van der Waals surface area contributed by atoms with Gasteiger partial charge < -0.3 is 24.4 Å². The van der Waals surface area contributed by atoms with Crippen LogP contribution in [-0.4, -0.2) is 71.2 Å². The zero-order valence-corrected chi connectivity index (χ0v) is 19.2. The molecule has 1 aliphatic rings. The number of nitrogens with zero attached hydrogens (tertiary/aromatic N) is 5. The van der Waals surface area contributed by atoms with Crippen molar-refractivity contribution in [3.8, 4) is 5.69 Å². The molecule has 1 fully saturated rings. The van der Waals surface area contributed by atoms with E-state index in [2.05, 4.69) is 15.1 Å². The number of alkyl halides is 3. The first-order chi connectivity index (χ1) is 16.5. The smallest absolute Gasteiger partial charge is 0.418 e. The Morgan fingerprint density at radius 1 is 1.46 bits per heavy atom. The summed E-state index contributed by atoms with van der Waals surface area (Å²) in [5, 5.41) is 28.5. The monoisotopic (exact) mass is 519 g/mol. The standard InChI is InChI=1S/C20H21ClF3N5O6/c1-3-34-18(32)12-7-15(19(27-28-25)16(33-2)9-35-14(8-30)17(19)31)29(26-12)13-6-10(21)4-5-11(13)20(22,23)24/h4-7,14,16-17,30-31H,3,8-9H2,1-2H3/t14-,16+,17+,19?/m1/s1. The molecule has 1 aromatic heterocycles. The number of hydrogen-bond donors (Lipinski definition) is 2. The van der Waals surface area contributed by atoms with Crippen LogP contribution in [0.25, 0.3) is 16.1 Å². The van der Waals surface area contributed by atoms with E-state index in [1.807, 2.05) is 0 Å². The summed E-state index contributed by atoms with van der Waals surface area (Å²) < 4.78 is 58.1. The first-order valence-corrected chi connectivity index (χ1v) is 10.6. The van der Waals surface area contributed by atoms with Crippen LogP contribution in [0, 0.1) is 0 Å². The Morgan fingerprint density at radius 3 is 2.74 bits per heavy atom. The number of halogens is 4. The van der Waals surface area contributed by atoms with Gasteiger partial charge in [-0.05, 0) is 36.7 Å². The number of aliphatic hydroxyl groups is 2. The van der Waals surface area contributed by atoms with Crippen molar-refractivity contribution in [1.82, 2.24) is 9.78 Å². The molecule has 0 radical (unpaired) electrons. The number of methoxy groups -OCH3 is 1. The van der Waals surface area contributed by atoms with Gasteiger partial charge in [0.05, 0.1) is 42.9 Å². The van der Waals surface area contributed by atoms with E-state index in [0.717, 1.165) is 24.3 Å². The van der Waals surface area contributed by atoms with Gasteiger partial charge in [-0.15, -0.1) is 0 Å². The van der Waals surface area contributed by atoms with Crippen molar-refractivity contribution in [3.05, 3.63) is 56.7 Å². The highest BCUT2D eigenvalue weighted by atomic mass is 35.5. The average Bonchev–Trinajstić information content (AvgIpc) is 3.25. The Morgan fingerprint density at radius 2 is 2.17 bits per heavy atom. The van der Waals surface area contributed by atoms with Crippen LogP contribution in [0.4, 0.5) is 13.2 Å². The summed E-state index contributed by atoms with van der Waals surface area (Å²) in [6.07, 6.45) is -9.25. The predicted octanol–water partition coefficient (Wildman–Crippen LogP) is 2.99. The predicted molar refractivity (Wildman–Crippen MR) is 114 cm³/mol. The van der Waals surface area contributed by atoms with E-state index in [0.29, 0.717) is 4.68 Å². The first kappa shape index (κ1) is 26.7. The van der Waals surface area contributed by atoms with Crippen molar-refractivity contribution in [3.63, 3.8) is 0 Å². The van der Waals surface area contributed by atoms with Crippen LogP contribution in [-0.2, 0) is 25.9 Å². The molecule has 2 heterocycles. The number of aliphatic hydroxyl groups excluding tert-OH is 2. The van der Waals surface area contributed by atoms with Crippen LogP contribution in [0.15, 0.2) is 29.4 Å². The van der Waals surface area contributed by atoms with Crippen LogP contribution in [0.3, 0.4) is 0 Å². The van der Waals surface area contributed by atoms with Gasteiger partial charge in [0.2, 0.25) is 0 Å². The lowest BCUT2D eigenvalue weighted by molar-refractivity contribution is -0.191.